The van der Waals surface area contributed by atoms with Crippen molar-refractivity contribution in [1.82, 2.24) is 16.2 Å². The molecule has 2 aromatic rings. The monoisotopic (exact) mass is 405 g/mol. The quantitative estimate of drug-likeness (QED) is 0.646. The smallest absolute Gasteiger partial charge is 0.279 e. The van der Waals surface area contributed by atoms with E-state index in [4.69, 9.17) is 0 Å². The largest absolute Gasteiger partial charge is 0.340 e. The first-order valence-electron chi connectivity index (χ1n) is 8.98. The molecule has 0 radical (unpaired) electrons. The van der Waals surface area contributed by atoms with Crippen LogP contribution in [0.5, 0.6) is 0 Å². The molecule has 150 valence electrons. The molecular weight excluding hydrogens is 381 g/mol. The second-order valence-electron chi connectivity index (χ2n) is 6.72. The Hall–Kier alpha value is -2.74. The molecule has 3 N–H and O–H groups in total. The lowest BCUT2D eigenvalue weighted by Gasteiger charge is -2.21. The minimum absolute atomic E-state index is 0.225. The van der Waals surface area contributed by atoms with Gasteiger partial charge in [0.15, 0.2) is 0 Å². The molecule has 28 heavy (non-hydrogen) atoms. The van der Waals surface area contributed by atoms with Crippen LogP contribution < -0.4 is 16.2 Å². The Labute approximate surface area is 167 Å². The summed E-state index contributed by atoms with van der Waals surface area (Å²) in [6.45, 7) is 7.49. The summed E-state index contributed by atoms with van der Waals surface area (Å²) in [5.74, 6) is -2.12. The molecule has 2 rings (SSSR count). The molecule has 1 aromatic heterocycles. The molecule has 0 spiro atoms. The maximum Gasteiger partial charge on any atom is 0.279 e. The number of aryl methyl sites for hydroxylation is 2. The summed E-state index contributed by atoms with van der Waals surface area (Å²) in [6.07, 6.45) is 0.834. The molecule has 0 aliphatic heterocycles. The van der Waals surface area contributed by atoms with Crippen LogP contribution in [0.25, 0.3) is 0 Å². The third-order valence-corrected chi connectivity index (χ3v) is 5.59. The fraction of sp³-hybridized carbons (Fsp3) is 0.350. The number of nitrogens with one attached hydrogen (secondary N) is 3. The lowest BCUT2D eigenvalue weighted by Crippen LogP contribution is -2.54. The molecule has 1 aromatic carbocycles. The molecule has 0 bridgehead atoms. The van der Waals surface area contributed by atoms with E-state index < -0.39 is 29.6 Å². The summed E-state index contributed by atoms with van der Waals surface area (Å²) in [6, 6.07) is 5.94. The Morgan fingerprint density at radius 2 is 1.71 bits per heavy atom. The average Bonchev–Trinajstić information content (AvgIpc) is 3.04. The van der Waals surface area contributed by atoms with Gasteiger partial charge in [0.2, 0.25) is 0 Å². The van der Waals surface area contributed by atoms with E-state index >= 15 is 0 Å². The molecule has 1 atom stereocenters. The summed E-state index contributed by atoms with van der Waals surface area (Å²) in [5, 5.41) is 2.62. The zero-order chi connectivity index (χ0) is 20.8. The number of halogens is 1. The highest BCUT2D eigenvalue weighted by atomic mass is 32.1. The topological polar surface area (TPSA) is 87.3 Å². The van der Waals surface area contributed by atoms with Gasteiger partial charge < -0.3 is 5.32 Å². The van der Waals surface area contributed by atoms with Crippen LogP contribution in [0.4, 0.5) is 4.39 Å². The van der Waals surface area contributed by atoms with Crippen LogP contribution in [0.2, 0.25) is 0 Å². The number of hydrogen-bond donors (Lipinski definition) is 3. The van der Waals surface area contributed by atoms with Crippen LogP contribution in [0.3, 0.4) is 0 Å². The van der Waals surface area contributed by atoms with Gasteiger partial charge >= 0.3 is 0 Å². The van der Waals surface area contributed by atoms with Gasteiger partial charge in [0.1, 0.15) is 11.9 Å². The van der Waals surface area contributed by atoms with Crippen LogP contribution in [0.15, 0.2) is 30.3 Å². The highest BCUT2D eigenvalue weighted by Crippen LogP contribution is 2.22. The van der Waals surface area contributed by atoms with Gasteiger partial charge in [-0.1, -0.05) is 20.8 Å². The van der Waals surface area contributed by atoms with Crippen LogP contribution in [0, 0.1) is 18.7 Å². The third kappa shape index (κ3) is 5.39. The molecular formula is C20H24FN3O3S. The van der Waals surface area contributed by atoms with Crippen molar-refractivity contribution >= 4 is 29.1 Å². The maximum absolute atomic E-state index is 13.0. The maximum atomic E-state index is 13.0. The Morgan fingerprint density at radius 1 is 1.07 bits per heavy atom. The minimum Gasteiger partial charge on any atom is -0.340 e. The molecule has 3 amide bonds. The predicted octanol–water partition coefficient (Wildman–Crippen LogP) is 2.97. The zero-order valence-electron chi connectivity index (χ0n) is 16.3. The molecule has 1 heterocycles. The average molecular weight is 405 g/mol. The first kappa shape index (κ1) is 21.6. The van der Waals surface area contributed by atoms with E-state index in [0.717, 1.165) is 16.9 Å². The number of amides is 3. The first-order chi connectivity index (χ1) is 13.2. The van der Waals surface area contributed by atoms with Gasteiger partial charge in [-0.2, -0.15) is 0 Å². The van der Waals surface area contributed by atoms with E-state index in [2.05, 4.69) is 16.2 Å². The number of carbonyl (C=O) groups is 3. The zero-order valence-corrected chi connectivity index (χ0v) is 17.1. The molecule has 8 heteroatoms. The van der Waals surface area contributed by atoms with Crippen LogP contribution in [0.1, 0.15) is 51.2 Å². The minimum atomic E-state index is -0.867. The van der Waals surface area contributed by atoms with Gasteiger partial charge in [0.25, 0.3) is 17.7 Å². The highest BCUT2D eigenvalue weighted by Gasteiger charge is 2.25. The number of thiophene rings is 1. The van der Waals surface area contributed by atoms with E-state index in [1.807, 2.05) is 13.8 Å². The van der Waals surface area contributed by atoms with Crippen molar-refractivity contribution in [2.24, 2.45) is 5.92 Å². The summed E-state index contributed by atoms with van der Waals surface area (Å²) in [5.41, 5.74) is 6.04. The van der Waals surface area contributed by atoms with Gasteiger partial charge in [-0.25, -0.2) is 4.39 Å². The molecule has 6 nitrogen and oxygen atoms in total. The van der Waals surface area contributed by atoms with Crippen LogP contribution >= 0.6 is 11.3 Å². The number of hydrogen-bond acceptors (Lipinski definition) is 4. The lowest BCUT2D eigenvalue weighted by molar-refractivity contribution is -0.124. The normalized spacial score (nSPS) is 11.8. The van der Waals surface area contributed by atoms with Crippen molar-refractivity contribution in [3.63, 3.8) is 0 Å². The lowest BCUT2D eigenvalue weighted by atomic mass is 10.0. The van der Waals surface area contributed by atoms with E-state index in [0.29, 0.717) is 4.88 Å². The standard InChI is InChI=1S/C20H24FN3O3S/c1-5-15-12(4)10-16(28-15)19(26)23-24-20(27)17(11(2)3)22-18(25)13-6-8-14(21)9-7-13/h6-11,17H,5H2,1-4H3,(H,22,25)(H,23,26)(H,24,27). The summed E-state index contributed by atoms with van der Waals surface area (Å²) >= 11 is 1.38. The van der Waals surface area contributed by atoms with Gasteiger partial charge in [-0.05, 0) is 55.2 Å². The van der Waals surface area contributed by atoms with Gasteiger partial charge in [0.05, 0.1) is 4.88 Å². The summed E-state index contributed by atoms with van der Waals surface area (Å²) < 4.78 is 13.0. The second kappa shape index (κ2) is 9.45. The van der Waals surface area contributed by atoms with Crippen molar-refractivity contribution in [3.05, 3.63) is 57.0 Å². The van der Waals surface area contributed by atoms with Gasteiger partial charge in [-0.15, -0.1) is 11.3 Å². The Kier molecular flexibility index (Phi) is 7.28. The molecule has 0 saturated heterocycles. The van der Waals surface area contributed by atoms with Crippen LogP contribution in [-0.4, -0.2) is 23.8 Å². The Morgan fingerprint density at radius 3 is 2.25 bits per heavy atom. The predicted molar refractivity (Wildman–Crippen MR) is 107 cm³/mol. The SMILES string of the molecule is CCc1sc(C(=O)NNC(=O)C(NC(=O)c2ccc(F)cc2)C(C)C)cc1C. The number of rotatable bonds is 6. The summed E-state index contributed by atoms with van der Waals surface area (Å²) in [4.78, 5) is 38.7. The number of carbonyl (C=O) groups excluding carboxylic acids is 3. The van der Waals surface area contributed by atoms with Crippen molar-refractivity contribution in [1.29, 1.82) is 0 Å². The van der Waals surface area contributed by atoms with E-state index in [1.165, 1.54) is 35.6 Å². The molecule has 0 saturated carbocycles. The fourth-order valence-electron chi connectivity index (χ4n) is 2.60. The van der Waals surface area contributed by atoms with Crippen molar-refractivity contribution in [3.8, 4) is 0 Å². The Bertz CT molecular complexity index is 862. The molecule has 0 aliphatic carbocycles. The van der Waals surface area contributed by atoms with Crippen LogP contribution in [-0.2, 0) is 11.2 Å². The molecule has 1 unspecified atom stereocenters. The van der Waals surface area contributed by atoms with Crippen molar-refractivity contribution < 1.29 is 18.8 Å². The van der Waals surface area contributed by atoms with Gasteiger partial charge in [-0.3, -0.25) is 25.2 Å². The number of benzene rings is 1. The number of hydrazine groups is 1. The molecule has 0 fully saturated rings. The first-order valence-corrected chi connectivity index (χ1v) is 9.80. The summed E-state index contributed by atoms with van der Waals surface area (Å²) in [7, 11) is 0. The molecule has 0 aliphatic rings. The Balaban J connectivity index is 1.99. The second-order valence-corrected chi connectivity index (χ2v) is 7.85. The van der Waals surface area contributed by atoms with E-state index in [9.17, 15) is 18.8 Å². The van der Waals surface area contributed by atoms with E-state index in [-0.39, 0.29) is 11.5 Å². The van der Waals surface area contributed by atoms with Gasteiger partial charge in [0, 0.05) is 10.4 Å². The third-order valence-electron chi connectivity index (χ3n) is 4.21. The fourth-order valence-corrected chi connectivity index (χ4v) is 3.61. The van der Waals surface area contributed by atoms with Crippen molar-refractivity contribution in [2.75, 3.05) is 0 Å². The highest BCUT2D eigenvalue weighted by molar-refractivity contribution is 7.14. The van der Waals surface area contributed by atoms with E-state index in [1.54, 1.807) is 19.9 Å². The van der Waals surface area contributed by atoms with Crippen molar-refractivity contribution in [2.45, 2.75) is 40.2 Å².